The lowest BCUT2D eigenvalue weighted by Crippen LogP contribution is -2.59. The van der Waals surface area contributed by atoms with Crippen LogP contribution in [0.5, 0.6) is 0 Å². The maximum atomic E-state index is 15.1. The van der Waals surface area contributed by atoms with Gasteiger partial charge in [-0.2, -0.15) is 0 Å². The summed E-state index contributed by atoms with van der Waals surface area (Å²) in [6.45, 7) is 5.23. The minimum absolute atomic E-state index is 0.111. The molecule has 2 aliphatic heterocycles. The van der Waals surface area contributed by atoms with Gasteiger partial charge in [0.2, 0.25) is 15.9 Å². The van der Waals surface area contributed by atoms with E-state index >= 15 is 4.79 Å². The molecular formula is C33H43Cl2N3O6S. The number of hydrogen-bond acceptors (Lipinski definition) is 6. The summed E-state index contributed by atoms with van der Waals surface area (Å²) in [5.74, 6) is -1.60. The van der Waals surface area contributed by atoms with Gasteiger partial charge in [-0.3, -0.25) is 14.5 Å². The average molecular weight is 681 g/mol. The van der Waals surface area contributed by atoms with Crippen LogP contribution in [0.3, 0.4) is 0 Å². The molecule has 2 saturated heterocycles. The first kappa shape index (κ1) is 34.1. The number of carbonyl (C=O) groups is 2. The SMILES string of the molecule is CC[C@@H](CN(C)S(=O)(=O)C1CC1)N1C(=O)[C@@](CCN2CCOCC2)(CC(=O)O)CC(c2cccc(Cl)c2)[C@H]1c1ccc(Cl)cc1. The van der Waals surface area contributed by atoms with Crippen LogP contribution in [0.4, 0.5) is 0 Å². The molecule has 3 aliphatic rings. The molecule has 246 valence electrons. The van der Waals surface area contributed by atoms with Crippen molar-refractivity contribution in [3.8, 4) is 0 Å². The monoisotopic (exact) mass is 679 g/mol. The highest BCUT2D eigenvalue weighted by atomic mass is 35.5. The fourth-order valence-corrected chi connectivity index (χ4v) is 9.01. The topological polar surface area (TPSA) is 107 Å². The van der Waals surface area contributed by atoms with Gasteiger partial charge in [0.1, 0.15) is 0 Å². The molecule has 0 radical (unpaired) electrons. The van der Waals surface area contributed by atoms with Gasteiger partial charge in [0, 0.05) is 48.7 Å². The van der Waals surface area contributed by atoms with E-state index in [9.17, 15) is 18.3 Å². The summed E-state index contributed by atoms with van der Waals surface area (Å²) in [5, 5.41) is 11.0. The number of amides is 1. The Morgan fingerprint density at radius 2 is 1.78 bits per heavy atom. The molecule has 2 heterocycles. The zero-order chi connectivity index (χ0) is 32.4. The second-order valence-electron chi connectivity index (χ2n) is 12.7. The first-order valence-electron chi connectivity index (χ1n) is 15.8. The second-order valence-corrected chi connectivity index (χ2v) is 15.9. The third-order valence-corrected chi connectivity index (χ3v) is 12.5. The minimum Gasteiger partial charge on any atom is -0.481 e. The van der Waals surface area contributed by atoms with E-state index in [-0.39, 0.29) is 30.0 Å². The summed E-state index contributed by atoms with van der Waals surface area (Å²) in [6.07, 6.45) is 2.09. The standard InChI is InChI=1S/C33H43Cl2N3O6S/c1-3-27(22-36(2)45(42,43)28-11-12-28)38-31(23-7-9-25(34)10-8-23)29(24-5-4-6-26(35)19-24)20-33(32(38)41,21-30(39)40)13-14-37-15-17-44-18-16-37/h4-10,19,27-29,31H,3,11-18,20-22H2,1-2H3,(H,39,40)/t27-,29?,31+,33+/m0/s1. The molecule has 0 spiro atoms. The van der Waals surface area contributed by atoms with Crippen LogP contribution in [0.2, 0.25) is 10.0 Å². The minimum atomic E-state index is -3.51. The molecule has 0 bridgehead atoms. The average Bonchev–Trinajstić information content (AvgIpc) is 3.87. The fraction of sp³-hybridized carbons (Fsp3) is 0.576. The third-order valence-electron chi connectivity index (χ3n) is 9.68. The maximum absolute atomic E-state index is 15.1. The van der Waals surface area contributed by atoms with Crippen LogP contribution in [0.15, 0.2) is 48.5 Å². The number of ether oxygens (including phenoxy) is 1. The molecule has 1 unspecified atom stereocenters. The first-order chi connectivity index (χ1) is 21.4. The van der Waals surface area contributed by atoms with Gasteiger partial charge in [0.25, 0.3) is 0 Å². The van der Waals surface area contributed by atoms with Gasteiger partial charge in [-0.25, -0.2) is 12.7 Å². The van der Waals surface area contributed by atoms with Crippen molar-refractivity contribution in [3.63, 3.8) is 0 Å². The predicted octanol–water partition coefficient (Wildman–Crippen LogP) is 5.44. The van der Waals surface area contributed by atoms with Crippen LogP contribution in [0.1, 0.15) is 68.5 Å². The van der Waals surface area contributed by atoms with Gasteiger partial charge >= 0.3 is 5.97 Å². The molecule has 5 rings (SSSR count). The van der Waals surface area contributed by atoms with Gasteiger partial charge in [0.05, 0.1) is 36.3 Å². The Balaban J connectivity index is 1.64. The van der Waals surface area contributed by atoms with E-state index in [4.69, 9.17) is 27.9 Å². The van der Waals surface area contributed by atoms with Gasteiger partial charge < -0.3 is 14.7 Å². The molecule has 1 amide bonds. The summed E-state index contributed by atoms with van der Waals surface area (Å²) < 4.78 is 33.5. The van der Waals surface area contributed by atoms with Gasteiger partial charge in [0.15, 0.2) is 0 Å². The van der Waals surface area contributed by atoms with Crippen LogP contribution in [-0.4, -0.2) is 97.2 Å². The van der Waals surface area contributed by atoms with Crippen LogP contribution in [0.25, 0.3) is 0 Å². The number of nitrogens with zero attached hydrogens (tertiary/aromatic N) is 3. The molecular weight excluding hydrogens is 637 g/mol. The number of rotatable bonds is 13. The third kappa shape index (κ3) is 7.68. The lowest BCUT2D eigenvalue weighted by molar-refractivity contribution is -0.163. The number of benzene rings is 2. The quantitative estimate of drug-likeness (QED) is 0.301. The molecule has 1 saturated carbocycles. The van der Waals surface area contributed by atoms with E-state index in [1.165, 1.54) is 4.31 Å². The van der Waals surface area contributed by atoms with Crippen molar-refractivity contribution in [1.82, 2.24) is 14.1 Å². The molecule has 12 heteroatoms. The lowest BCUT2D eigenvalue weighted by atomic mass is 9.64. The Kier molecular flexibility index (Phi) is 10.8. The van der Waals surface area contributed by atoms with Crippen molar-refractivity contribution >= 4 is 45.1 Å². The van der Waals surface area contributed by atoms with Crippen LogP contribution in [0, 0.1) is 5.41 Å². The number of sulfonamides is 1. The first-order valence-corrected chi connectivity index (χ1v) is 18.0. The second kappa shape index (κ2) is 14.3. The van der Waals surface area contributed by atoms with Crippen molar-refractivity contribution in [3.05, 3.63) is 69.7 Å². The number of aliphatic carboxylic acids is 1. The molecule has 1 aliphatic carbocycles. The molecule has 1 N–H and O–H groups in total. The van der Waals surface area contributed by atoms with Gasteiger partial charge in [-0.05, 0) is 74.0 Å². The van der Waals surface area contributed by atoms with E-state index < -0.39 is 33.5 Å². The zero-order valence-electron chi connectivity index (χ0n) is 25.9. The smallest absolute Gasteiger partial charge is 0.304 e. The van der Waals surface area contributed by atoms with E-state index in [0.717, 1.165) is 11.1 Å². The number of carbonyl (C=O) groups excluding carboxylic acids is 1. The van der Waals surface area contributed by atoms with Crippen molar-refractivity contribution < 1.29 is 27.9 Å². The molecule has 2 aromatic rings. The molecule has 9 nitrogen and oxygen atoms in total. The van der Waals surface area contributed by atoms with E-state index in [0.29, 0.717) is 75.0 Å². The predicted molar refractivity (Wildman–Crippen MR) is 175 cm³/mol. The number of halogens is 2. The summed E-state index contributed by atoms with van der Waals surface area (Å²) in [5.41, 5.74) is 0.525. The highest BCUT2D eigenvalue weighted by Gasteiger charge is 2.55. The summed E-state index contributed by atoms with van der Waals surface area (Å²) in [7, 11) is -1.93. The van der Waals surface area contributed by atoms with Crippen LogP contribution >= 0.6 is 23.2 Å². The number of piperidine rings is 1. The fourth-order valence-electron chi connectivity index (χ4n) is 7.06. The Bertz CT molecular complexity index is 1470. The largest absolute Gasteiger partial charge is 0.481 e. The number of carboxylic acids is 1. The van der Waals surface area contributed by atoms with Crippen molar-refractivity contribution in [2.45, 2.75) is 68.7 Å². The molecule has 2 aromatic carbocycles. The van der Waals surface area contributed by atoms with E-state index in [1.54, 1.807) is 25.2 Å². The van der Waals surface area contributed by atoms with Crippen LogP contribution < -0.4 is 0 Å². The van der Waals surface area contributed by atoms with Crippen molar-refractivity contribution in [2.75, 3.05) is 46.4 Å². The summed E-state index contributed by atoms with van der Waals surface area (Å²) in [4.78, 5) is 31.7. The molecule has 4 atom stereocenters. The summed E-state index contributed by atoms with van der Waals surface area (Å²) in [6, 6.07) is 13.9. The van der Waals surface area contributed by atoms with Gasteiger partial charge in [-0.1, -0.05) is 54.4 Å². The Labute approximate surface area is 276 Å². The highest BCUT2D eigenvalue weighted by molar-refractivity contribution is 7.90. The Morgan fingerprint density at radius 1 is 1.09 bits per heavy atom. The Morgan fingerprint density at radius 3 is 2.38 bits per heavy atom. The zero-order valence-corrected chi connectivity index (χ0v) is 28.2. The number of hydrogen-bond donors (Lipinski definition) is 1. The number of likely N-dealkylation sites (tertiary alicyclic amines) is 1. The van der Waals surface area contributed by atoms with Crippen molar-refractivity contribution in [2.24, 2.45) is 5.41 Å². The normalized spacial score (nSPS) is 25.4. The van der Waals surface area contributed by atoms with Crippen LogP contribution in [-0.2, 0) is 24.3 Å². The maximum Gasteiger partial charge on any atom is 0.304 e. The number of likely N-dealkylation sites (N-methyl/N-ethyl adjacent to an activating group) is 1. The van der Waals surface area contributed by atoms with Crippen molar-refractivity contribution in [1.29, 1.82) is 0 Å². The Hall–Kier alpha value is -2.21. The summed E-state index contributed by atoms with van der Waals surface area (Å²) >= 11 is 12.8. The molecule has 3 fully saturated rings. The van der Waals surface area contributed by atoms with E-state index in [1.807, 2.05) is 42.2 Å². The number of morpholine rings is 1. The van der Waals surface area contributed by atoms with Gasteiger partial charge in [-0.15, -0.1) is 0 Å². The molecule has 0 aromatic heterocycles. The lowest BCUT2D eigenvalue weighted by Gasteiger charge is -2.53. The molecule has 45 heavy (non-hydrogen) atoms. The highest BCUT2D eigenvalue weighted by Crippen LogP contribution is 2.54. The number of carboxylic acid groups (broad SMARTS) is 1. The van der Waals surface area contributed by atoms with E-state index in [2.05, 4.69) is 4.90 Å².